The molecule has 10 heteroatoms. The molecule has 0 aliphatic carbocycles. The summed E-state index contributed by atoms with van der Waals surface area (Å²) in [6, 6.07) is 11.8. The molecule has 38 heavy (non-hydrogen) atoms. The molecule has 202 valence electrons. The smallest absolute Gasteiger partial charge is 0.295 e. The molecule has 2 aromatic rings. The van der Waals surface area contributed by atoms with E-state index in [0.29, 0.717) is 31.0 Å². The van der Waals surface area contributed by atoms with Crippen LogP contribution in [0.2, 0.25) is 0 Å². The van der Waals surface area contributed by atoms with Crippen LogP contribution in [0, 0.1) is 0 Å². The van der Waals surface area contributed by atoms with Gasteiger partial charge in [-0.05, 0) is 54.8 Å². The van der Waals surface area contributed by atoms with Gasteiger partial charge in [-0.3, -0.25) is 9.59 Å². The van der Waals surface area contributed by atoms with Crippen LogP contribution in [-0.2, 0) is 24.3 Å². The number of piperidine rings is 1. The van der Waals surface area contributed by atoms with Gasteiger partial charge in [0.15, 0.2) is 0 Å². The number of ketones is 1. The van der Waals surface area contributed by atoms with Crippen molar-refractivity contribution in [2.45, 2.75) is 30.2 Å². The number of ether oxygens (including phenoxy) is 2. The molecule has 0 radical (unpaired) electrons. The number of benzene rings is 2. The van der Waals surface area contributed by atoms with Gasteiger partial charge in [-0.15, -0.1) is 0 Å². The molecule has 1 atom stereocenters. The lowest BCUT2D eigenvalue weighted by atomic mass is 9.95. The molecule has 0 saturated carbocycles. The number of rotatable bonds is 10. The molecule has 2 aliphatic heterocycles. The van der Waals surface area contributed by atoms with Crippen LogP contribution in [0.15, 0.2) is 71.7 Å². The first-order chi connectivity index (χ1) is 18.3. The highest BCUT2D eigenvalue weighted by atomic mass is 32.2. The third-order valence-electron chi connectivity index (χ3n) is 6.72. The van der Waals surface area contributed by atoms with Gasteiger partial charge >= 0.3 is 0 Å². The van der Waals surface area contributed by atoms with E-state index in [0.717, 1.165) is 19.3 Å². The van der Waals surface area contributed by atoms with Crippen molar-refractivity contribution < 1.29 is 32.6 Å². The SMILES string of the molecule is C=CCOc1ccc([C@H]2C(=C(O)c3ccc(S(=O)(=O)N4CCCCC4)cc3)C(=O)C(=O)N2CCOC)cc1. The zero-order valence-electron chi connectivity index (χ0n) is 21.3. The van der Waals surface area contributed by atoms with Crippen LogP contribution in [0.25, 0.3) is 5.76 Å². The van der Waals surface area contributed by atoms with E-state index in [9.17, 15) is 23.1 Å². The first-order valence-corrected chi connectivity index (χ1v) is 13.9. The minimum atomic E-state index is -3.65. The van der Waals surface area contributed by atoms with Crippen LogP contribution in [-0.4, -0.2) is 74.4 Å². The fourth-order valence-electron chi connectivity index (χ4n) is 4.74. The third kappa shape index (κ3) is 5.52. The lowest BCUT2D eigenvalue weighted by molar-refractivity contribution is -0.140. The largest absolute Gasteiger partial charge is 0.507 e. The number of likely N-dealkylation sites (tertiary alicyclic amines) is 1. The number of amides is 1. The van der Waals surface area contributed by atoms with Crippen LogP contribution < -0.4 is 4.74 Å². The Hall–Kier alpha value is -3.47. The molecular weight excluding hydrogens is 508 g/mol. The number of methoxy groups -OCH3 is 1. The molecule has 2 aromatic carbocycles. The Morgan fingerprint density at radius 1 is 1.05 bits per heavy atom. The number of carbonyl (C=O) groups excluding carboxylic acids is 2. The summed E-state index contributed by atoms with van der Waals surface area (Å²) in [7, 11) is -2.16. The van der Waals surface area contributed by atoms with E-state index >= 15 is 0 Å². The zero-order valence-corrected chi connectivity index (χ0v) is 22.2. The summed E-state index contributed by atoms with van der Waals surface area (Å²) >= 11 is 0. The molecule has 1 amide bonds. The van der Waals surface area contributed by atoms with Crippen LogP contribution in [0.3, 0.4) is 0 Å². The molecule has 4 rings (SSSR count). The average Bonchev–Trinajstić information content (AvgIpc) is 3.20. The van der Waals surface area contributed by atoms with Gasteiger partial charge < -0.3 is 19.5 Å². The van der Waals surface area contributed by atoms with Crippen LogP contribution in [0.4, 0.5) is 0 Å². The van der Waals surface area contributed by atoms with E-state index in [1.165, 1.54) is 40.6 Å². The maximum absolute atomic E-state index is 13.1. The number of aliphatic hydroxyl groups is 1. The highest BCUT2D eigenvalue weighted by Gasteiger charge is 2.46. The lowest BCUT2D eigenvalue weighted by Crippen LogP contribution is -2.35. The van der Waals surface area contributed by atoms with E-state index in [4.69, 9.17) is 9.47 Å². The molecule has 0 aromatic heterocycles. The molecule has 1 N–H and O–H groups in total. The van der Waals surface area contributed by atoms with Crippen LogP contribution in [0.5, 0.6) is 5.75 Å². The zero-order chi connectivity index (χ0) is 27.3. The topological polar surface area (TPSA) is 113 Å². The Morgan fingerprint density at radius 2 is 1.71 bits per heavy atom. The Labute approximate surface area is 223 Å². The quantitative estimate of drug-likeness (QED) is 0.212. The van der Waals surface area contributed by atoms with Crippen LogP contribution >= 0.6 is 0 Å². The number of sulfonamides is 1. The van der Waals surface area contributed by atoms with Crippen molar-refractivity contribution in [3.05, 3.63) is 77.9 Å². The fraction of sp³-hybridized carbons (Fsp3) is 0.357. The Bertz CT molecular complexity index is 1310. The maximum Gasteiger partial charge on any atom is 0.295 e. The van der Waals surface area contributed by atoms with Crippen molar-refractivity contribution in [3.8, 4) is 5.75 Å². The van der Waals surface area contributed by atoms with Gasteiger partial charge in [-0.25, -0.2) is 8.42 Å². The highest BCUT2D eigenvalue weighted by molar-refractivity contribution is 7.89. The van der Waals surface area contributed by atoms with Gasteiger partial charge in [0.2, 0.25) is 10.0 Å². The van der Waals surface area contributed by atoms with E-state index < -0.39 is 27.8 Å². The number of hydrogen-bond acceptors (Lipinski definition) is 7. The summed E-state index contributed by atoms with van der Waals surface area (Å²) < 4.78 is 38.2. The van der Waals surface area contributed by atoms with Crippen molar-refractivity contribution >= 4 is 27.5 Å². The van der Waals surface area contributed by atoms with E-state index in [1.54, 1.807) is 30.3 Å². The Balaban J connectivity index is 1.71. The van der Waals surface area contributed by atoms with Gasteiger partial charge in [-0.2, -0.15) is 4.31 Å². The van der Waals surface area contributed by atoms with E-state index in [1.807, 2.05) is 0 Å². The maximum atomic E-state index is 13.1. The van der Waals surface area contributed by atoms with Crippen molar-refractivity contribution in [2.75, 3.05) is 40.0 Å². The van der Waals surface area contributed by atoms with Gasteiger partial charge in [0.25, 0.3) is 11.7 Å². The number of carbonyl (C=O) groups is 2. The second-order valence-corrected chi connectivity index (χ2v) is 11.1. The second kappa shape index (κ2) is 11.9. The minimum Gasteiger partial charge on any atom is -0.507 e. The van der Waals surface area contributed by atoms with Crippen molar-refractivity contribution in [3.63, 3.8) is 0 Å². The summed E-state index contributed by atoms with van der Waals surface area (Å²) in [5.74, 6) is -1.35. The van der Waals surface area contributed by atoms with Crippen molar-refractivity contribution in [1.82, 2.24) is 9.21 Å². The van der Waals surface area contributed by atoms with Gasteiger partial charge in [-0.1, -0.05) is 31.2 Å². The van der Waals surface area contributed by atoms with E-state index in [-0.39, 0.29) is 34.9 Å². The molecule has 0 spiro atoms. The molecule has 9 nitrogen and oxygen atoms in total. The molecule has 2 heterocycles. The molecule has 2 fully saturated rings. The van der Waals surface area contributed by atoms with Crippen molar-refractivity contribution in [1.29, 1.82) is 0 Å². The summed E-state index contributed by atoms with van der Waals surface area (Å²) in [4.78, 5) is 27.6. The number of nitrogens with zero attached hydrogens (tertiary/aromatic N) is 2. The predicted molar refractivity (Wildman–Crippen MR) is 142 cm³/mol. The fourth-order valence-corrected chi connectivity index (χ4v) is 6.26. The molecular formula is C28H32N2O7S. The standard InChI is InChI=1S/C28H32N2O7S/c1-3-18-37-22-11-7-20(8-12-22)25-24(27(32)28(33)30(25)17-19-36-2)26(31)21-9-13-23(14-10-21)38(34,35)29-15-5-4-6-16-29/h3,7-14,25,31H,1,4-6,15-19H2,2H3/t25-/m0/s1. The monoisotopic (exact) mass is 540 g/mol. The summed E-state index contributed by atoms with van der Waals surface area (Å²) in [5, 5.41) is 11.2. The minimum absolute atomic E-state index is 0.0718. The number of Topliss-reactive ketones (excluding diaryl/α,β-unsaturated/α-hetero) is 1. The van der Waals surface area contributed by atoms with Crippen molar-refractivity contribution in [2.24, 2.45) is 0 Å². The third-order valence-corrected chi connectivity index (χ3v) is 8.63. The molecule has 0 unspecified atom stereocenters. The first-order valence-electron chi connectivity index (χ1n) is 12.5. The first kappa shape index (κ1) is 27.6. The second-order valence-electron chi connectivity index (χ2n) is 9.14. The molecule has 0 bridgehead atoms. The number of hydrogen-bond donors (Lipinski definition) is 1. The van der Waals surface area contributed by atoms with Gasteiger partial charge in [0.05, 0.1) is 23.1 Å². The van der Waals surface area contributed by atoms with E-state index in [2.05, 4.69) is 6.58 Å². The summed E-state index contributed by atoms with van der Waals surface area (Å²) in [6.45, 7) is 5.25. The Morgan fingerprint density at radius 3 is 2.32 bits per heavy atom. The normalized spacial score (nSPS) is 20.0. The Kier molecular flexibility index (Phi) is 8.65. The van der Waals surface area contributed by atoms with Crippen LogP contribution in [0.1, 0.15) is 36.4 Å². The van der Waals surface area contributed by atoms with Gasteiger partial charge in [0.1, 0.15) is 18.1 Å². The lowest BCUT2D eigenvalue weighted by Gasteiger charge is -2.26. The number of aliphatic hydroxyl groups excluding tert-OH is 1. The average molecular weight is 541 g/mol. The summed E-state index contributed by atoms with van der Waals surface area (Å²) in [6.07, 6.45) is 4.27. The highest BCUT2D eigenvalue weighted by Crippen LogP contribution is 2.39. The molecule has 2 saturated heterocycles. The predicted octanol–water partition coefficient (Wildman–Crippen LogP) is 3.49. The molecule has 2 aliphatic rings. The van der Waals surface area contributed by atoms with Gasteiger partial charge in [0, 0.05) is 32.3 Å². The summed E-state index contributed by atoms with van der Waals surface area (Å²) in [5.41, 5.74) is 0.776.